The van der Waals surface area contributed by atoms with Crippen molar-refractivity contribution in [2.45, 2.75) is 0 Å². The van der Waals surface area contributed by atoms with Gasteiger partial charge in [-0.2, -0.15) is 0 Å². The highest BCUT2D eigenvalue weighted by Gasteiger charge is 2.03. The minimum Gasteiger partial charge on any atom is -0.334 e. The van der Waals surface area contributed by atoms with Crippen LogP contribution in [0, 0.1) is 0 Å². The number of urea groups is 1. The maximum atomic E-state index is 11.7. The largest absolute Gasteiger partial charge is 0.334 e. The monoisotopic (exact) mass is 255 g/mol. The van der Waals surface area contributed by atoms with E-state index in [-0.39, 0.29) is 6.03 Å². The molecule has 0 unspecified atom stereocenters. The second-order valence-electron chi connectivity index (χ2n) is 4.07. The molecule has 2 aromatic rings. The van der Waals surface area contributed by atoms with Crippen LogP contribution in [0.3, 0.4) is 0 Å². The summed E-state index contributed by atoms with van der Waals surface area (Å²) < 4.78 is 0. The quantitative estimate of drug-likeness (QED) is 0.735. The summed E-state index contributed by atoms with van der Waals surface area (Å²) in [5.74, 6) is 0. The smallest absolute Gasteiger partial charge is 0.319 e. The van der Waals surface area contributed by atoms with E-state index in [4.69, 9.17) is 5.73 Å². The van der Waals surface area contributed by atoms with Crippen molar-refractivity contribution in [1.82, 2.24) is 5.32 Å². The molecule has 0 aliphatic heterocycles. The molecule has 2 aromatic carbocycles. The van der Waals surface area contributed by atoms with Gasteiger partial charge in [-0.1, -0.05) is 48.6 Å². The number of amides is 2. The third kappa shape index (κ3) is 3.56. The van der Waals surface area contributed by atoms with Gasteiger partial charge in [0.25, 0.3) is 0 Å². The maximum absolute atomic E-state index is 11.7. The number of rotatable bonds is 4. The molecular weight excluding hydrogens is 238 g/mol. The molecule has 0 aliphatic rings. The van der Waals surface area contributed by atoms with Crippen molar-refractivity contribution in [2.75, 3.05) is 18.4 Å². The summed E-state index contributed by atoms with van der Waals surface area (Å²) in [7, 11) is 0. The average molecular weight is 255 g/mol. The molecule has 4 nitrogen and oxygen atoms in total. The van der Waals surface area contributed by atoms with Crippen LogP contribution in [0.25, 0.3) is 10.8 Å². The number of carbonyl (C=O) groups is 1. The van der Waals surface area contributed by atoms with E-state index in [1.807, 2.05) is 48.5 Å². The Morgan fingerprint density at radius 2 is 1.89 bits per heavy atom. The zero-order valence-corrected chi connectivity index (χ0v) is 10.6. The van der Waals surface area contributed by atoms with Gasteiger partial charge < -0.3 is 16.4 Å². The van der Waals surface area contributed by atoms with Crippen molar-refractivity contribution >= 4 is 22.5 Å². The minimum atomic E-state index is -0.224. The molecule has 0 bridgehead atoms. The van der Waals surface area contributed by atoms with E-state index in [9.17, 15) is 4.79 Å². The normalized spacial score (nSPS) is 10.8. The molecule has 2 amide bonds. The number of nitrogens with one attached hydrogen (secondary N) is 2. The van der Waals surface area contributed by atoms with Crippen molar-refractivity contribution in [3.63, 3.8) is 0 Å². The maximum Gasteiger partial charge on any atom is 0.319 e. The summed E-state index contributed by atoms with van der Waals surface area (Å²) in [6.07, 6.45) is 3.63. The highest BCUT2D eigenvalue weighted by molar-refractivity contribution is 6.01. The molecule has 0 aromatic heterocycles. The number of nitrogens with two attached hydrogens (primary N) is 1. The van der Waals surface area contributed by atoms with Gasteiger partial charge in [-0.15, -0.1) is 0 Å². The molecule has 2 rings (SSSR count). The summed E-state index contributed by atoms with van der Waals surface area (Å²) in [4.78, 5) is 11.7. The van der Waals surface area contributed by atoms with Crippen molar-refractivity contribution in [2.24, 2.45) is 5.73 Å². The molecule has 4 heteroatoms. The number of hydrogen-bond acceptors (Lipinski definition) is 2. The van der Waals surface area contributed by atoms with E-state index in [0.29, 0.717) is 13.1 Å². The Balaban J connectivity index is 2.05. The van der Waals surface area contributed by atoms with E-state index in [2.05, 4.69) is 10.6 Å². The lowest BCUT2D eigenvalue weighted by Gasteiger charge is -2.09. The fraction of sp³-hybridized carbons (Fsp3) is 0.133. The Kier molecular flexibility index (Phi) is 4.53. The van der Waals surface area contributed by atoms with Gasteiger partial charge in [-0.3, -0.25) is 0 Å². The van der Waals surface area contributed by atoms with E-state index in [1.165, 1.54) is 0 Å². The predicted octanol–water partition coefficient (Wildman–Crippen LogP) is 2.48. The van der Waals surface area contributed by atoms with E-state index in [0.717, 1.165) is 16.5 Å². The molecule has 98 valence electrons. The lowest BCUT2D eigenvalue weighted by molar-refractivity contribution is 0.253. The third-order valence-electron chi connectivity index (χ3n) is 2.72. The first-order chi connectivity index (χ1) is 9.31. The number of hydrogen-bond donors (Lipinski definition) is 3. The predicted molar refractivity (Wildman–Crippen MR) is 79.2 cm³/mol. The fourth-order valence-corrected chi connectivity index (χ4v) is 1.83. The van der Waals surface area contributed by atoms with Gasteiger partial charge in [0, 0.05) is 18.5 Å². The van der Waals surface area contributed by atoms with Crippen molar-refractivity contribution < 1.29 is 4.79 Å². The van der Waals surface area contributed by atoms with Crippen molar-refractivity contribution in [3.05, 3.63) is 54.6 Å². The SMILES string of the molecule is NC/C=C/CNC(=O)Nc1cccc2ccccc12. The van der Waals surface area contributed by atoms with Gasteiger partial charge in [-0.05, 0) is 11.5 Å². The van der Waals surface area contributed by atoms with Crippen molar-refractivity contribution in [1.29, 1.82) is 0 Å². The molecule has 0 saturated carbocycles. The zero-order valence-electron chi connectivity index (χ0n) is 10.6. The van der Waals surface area contributed by atoms with Crippen LogP contribution in [-0.4, -0.2) is 19.1 Å². The van der Waals surface area contributed by atoms with Gasteiger partial charge in [-0.25, -0.2) is 4.79 Å². The molecule has 0 aliphatic carbocycles. The second-order valence-corrected chi connectivity index (χ2v) is 4.07. The van der Waals surface area contributed by atoms with Gasteiger partial charge in [0.2, 0.25) is 0 Å². The van der Waals surface area contributed by atoms with Crippen LogP contribution in [0.1, 0.15) is 0 Å². The number of anilines is 1. The highest BCUT2D eigenvalue weighted by Crippen LogP contribution is 2.22. The van der Waals surface area contributed by atoms with Crippen LogP contribution in [-0.2, 0) is 0 Å². The van der Waals surface area contributed by atoms with Gasteiger partial charge >= 0.3 is 6.03 Å². The summed E-state index contributed by atoms with van der Waals surface area (Å²) in [5, 5.41) is 7.71. The molecule has 0 spiro atoms. The fourth-order valence-electron chi connectivity index (χ4n) is 1.83. The van der Waals surface area contributed by atoms with Crippen LogP contribution in [0.5, 0.6) is 0 Å². The van der Waals surface area contributed by atoms with Crippen LogP contribution < -0.4 is 16.4 Å². The van der Waals surface area contributed by atoms with E-state index >= 15 is 0 Å². The van der Waals surface area contributed by atoms with E-state index in [1.54, 1.807) is 6.08 Å². The average Bonchev–Trinajstić information content (AvgIpc) is 2.44. The van der Waals surface area contributed by atoms with Crippen molar-refractivity contribution in [3.8, 4) is 0 Å². The third-order valence-corrected chi connectivity index (χ3v) is 2.72. The Bertz CT molecular complexity index is 587. The highest BCUT2D eigenvalue weighted by atomic mass is 16.2. The molecule has 4 N–H and O–H groups in total. The first kappa shape index (κ1) is 13.1. The second kappa shape index (κ2) is 6.56. The molecular formula is C15H17N3O. The van der Waals surface area contributed by atoms with Gasteiger partial charge in [0.15, 0.2) is 0 Å². The lowest BCUT2D eigenvalue weighted by atomic mass is 10.1. The molecule has 19 heavy (non-hydrogen) atoms. The first-order valence-electron chi connectivity index (χ1n) is 6.19. The molecule has 0 radical (unpaired) electrons. The molecule has 0 saturated heterocycles. The number of carbonyl (C=O) groups excluding carboxylic acids is 1. The summed E-state index contributed by atoms with van der Waals surface area (Å²) in [5.41, 5.74) is 6.12. The Labute approximate surface area is 112 Å². The van der Waals surface area contributed by atoms with Crippen LogP contribution in [0.4, 0.5) is 10.5 Å². The first-order valence-corrected chi connectivity index (χ1v) is 6.19. The number of fused-ring (bicyclic) bond motifs is 1. The minimum absolute atomic E-state index is 0.224. The summed E-state index contributed by atoms with van der Waals surface area (Å²) >= 11 is 0. The Morgan fingerprint density at radius 1 is 1.11 bits per heavy atom. The summed E-state index contributed by atoms with van der Waals surface area (Å²) in [6.45, 7) is 0.945. The lowest BCUT2D eigenvalue weighted by Crippen LogP contribution is -2.28. The molecule has 0 heterocycles. The molecule has 0 atom stereocenters. The Morgan fingerprint density at radius 3 is 2.74 bits per heavy atom. The topological polar surface area (TPSA) is 67.1 Å². The Hall–Kier alpha value is -2.33. The zero-order chi connectivity index (χ0) is 13.5. The van der Waals surface area contributed by atoms with Crippen LogP contribution in [0.15, 0.2) is 54.6 Å². The van der Waals surface area contributed by atoms with Gasteiger partial charge in [0.05, 0.1) is 5.69 Å². The van der Waals surface area contributed by atoms with Gasteiger partial charge in [0.1, 0.15) is 0 Å². The van der Waals surface area contributed by atoms with Crippen LogP contribution in [0.2, 0.25) is 0 Å². The summed E-state index contributed by atoms with van der Waals surface area (Å²) in [6, 6.07) is 13.5. The number of benzene rings is 2. The van der Waals surface area contributed by atoms with Crippen LogP contribution >= 0.6 is 0 Å². The van der Waals surface area contributed by atoms with E-state index < -0.39 is 0 Å². The standard InChI is InChI=1S/C15H17N3O/c16-10-3-4-11-17-15(19)18-14-9-5-7-12-6-1-2-8-13(12)14/h1-9H,10-11,16H2,(H2,17,18,19)/b4-3+. The molecule has 0 fully saturated rings.